The molecular weight excluding hydrogens is 184 g/mol. The summed E-state index contributed by atoms with van der Waals surface area (Å²) in [7, 11) is 2.02. The van der Waals surface area contributed by atoms with Gasteiger partial charge in [-0.15, -0.1) is 0 Å². The van der Waals surface area contributed by atoms with Crippen molar-refractivity contribution in [3.63, 3.8) is 0 Å². The highest BCUT2D eigenvalue weighted by atomic mass is 32.2. The van der Waals surface area contributed by atoms with Crippen LogP contribution in [0.4, 0.5) is 0 Å². The zero-order chi connectivity index (χ0) is 9.84. The predicted octanol–water partition coefficient (Wildman–Crippen LogP) is 1.25. The number of nitriles is 1. The molecule has 0 N–H and O–H groups in total. The maximum atomic E-state index is 10.9. The minimum absolute atomic E-state index is 0.177. The van der Waals surface area contributed by atoms with Crippen molar-refractivity contribution in [2.75, 3.05) is 13.6 Å². The van der Waals surface area contributed by atoms with E-state index in [1.54, 1.807) is 6.92 Å². The van der Waals surface area contributed by atoms with E-state index < -0.39 is 0 Å². The van der Waals surface area contributed by atoms with Crippen LogP contribution in [0, 0.1) is 11.3 Å². The Labute approximate surface area is 83.1 Å². The Hall–Kier alpha value is -0.530. The lowest BCUT2D eigenvalue weighted by molar-refractivity contribution is -0.109. The van der Waals surface area contributed by atoms with Gasteiger partial charge in [0, 0.05) is 24.8 Å². The van der Waals surface area contributed by atoms with Crippen LogP contribution >= 0.6 is 11.8 Å². The van der Waals surface area contributed by atoms with Gasteiger partial charge in [0.25, 0.3) is 0 Å². The molecule has 2 atom stereocenters. The van der Waals surface area contributed by atoms with E-state index in [-0.39, 0.29) is 5.12 Å². The van der Waals surface area contributed by atoms with E-state index in [0.717, 1.165) is 13.0 Å². The van der Waals surface area contributed by atoms with E-state index in [2.05, 4.69) is 11.0 Å². The largest absolute Gasteiger partial charge is 0.301 e. The van der Waals surface area contributed by atoms with Crippen molar-refractivity contribution in [2.45, 2.75) is 31.1 Å². The first-order valence-electron chi connectivity index (χ1n) is 4.38. The molecule has 1 rings (SSSR count). The number of rotatable bonds is 2. The normalized spacial score (nSPS) is 28.7. The van der Waals surface area contributed by atoms with Crippen LogP contribution in [-0.4, -0.2) is 34.9 Å². The molecule has 0 spiro atoms. The standard InChI is InChI=1S/C9H14N2OS/c1-7(12)13-9-5-8(3-4-10)11(2)6-9/h8-9H,3,5-6H2,1-2H3/t8-,9+/m1/s1. The minimum Gasteiger partial charge on any atom is -0.301 e. The van der Waals surface area contributed by atoms with Gasteiger partial charge in [-0.05, 0) is 13.5 Å². The van der Waals surface area contributed by atoms with Gasteiger partial charge in [-0.25, -0.2) is 0 Å². The Kier molecular flexibility index (Phi) is 3.76. The van der Waals surface area contributed by atoms with E-state index in [0.29, 0.717) is 17.7 Å². The fourth-order valence-corrected chi connectivity index (χ4v) is 2.79. The van der Waals surface area contributed by atoms with Gasteiger partial charge in [0.15, 0.2) is 5.12 Å². The Morgan fingerprint density at radius 2 is 2.46 bits per heavy atom. The highest BCUT2D eigenvalue weighted by Crippen LogP contribution is 2.27. The number of thioether (sulfide) groups is 1. The molecule has 3 nitrogen and oxygen atoms in total. The molecule has 13 heavy (non-hydrogen) atoms. The smallest absolute Gasteiger partial charge is 0.186 e. The number of hydrogen-bond donors (Lipinski definition) is 0. The Morgan fingerprint density at radius 1 is 1.77 bits per heavy atom. The van der Waals surface area contributed by atoms with Crippen LogP contribution in [0.25, 0.3) is 0 Å². The summed E-state index contributed by atoms with van der Waals surface area (Å²) in [6, 6.07) is 2.53. The lowest BCUT2D eigenvalue weighted by Gasteiger charge is -2.14. The molecule has 1 fully saturated rings. The lowest BCUT2D eigenvalue weighted by atomic mass is 10.2. The maximum Gasteiger partial charge on any atom is 0.186 e. The van der Waals surface area contributed by atoms with E-state index in [9.17, 15) is 4.79 Å². The van der Waals surface area contributed by atoms with Crippen LogP contribution in [0.1, 0.15) is 19.8 Å². The predicted molar refractivity (Wildman–Crippen MR) is 53.3 cm³/mol. The van der Waals surface area contributed by atoms with Crippen LogP contribution in [0.3, 0.4) is 0 Å². The van der Waals surface area contributed by atoms with Gasteiger partial charge >= 0.3 is 0 Å². The second-order valence-corrected chi connectivity index (χ2v) is 4.90. The highest BCUT2D eigenvalue weighted by molar-refractivity contribution is 8.14. The summed E-state index contributed by atoms with van der Waals surface area (Å²) < 4.78 is 0. The molecule has 0 unspecified atom stereocenters. The average Bonchev–Trinajstić information content (AvgIpc) is 2.31. The lowest BCUT2D eigenvalue weighted by Crippen LogP contribution is -2.24. The van der Waals surface area contributed by atoms with E-state index >= 15 is 0 Å². The first-order chi connectivity index (χ1) is 6.13. The first kappa shape index (κ1) is 10.6. The third-order valence-electron chi connectivity index (χ3n) is 2.31. The summed E-state index contributed by atoms with van der Waals surface area (Å²) in [4.78, 5) is 13.0. The van der Waals surface area contributed by atoms with E-state index in [1.165, 1.54) is 11.8 Å². The molecule has 72 valence electrons. The monoisotopic (exact) mass is 198 g/mol. The molecule has 1 heterocycles. The van der Waals surface area contributed by atoms with Gasteiger partial charge in [0.1, 0.15) is 0 Å². The third-order valence-corrected chi connectivity index (χ3v) is 3.32. The van der Waals surface area contributed by atoms with Crippen molar-refractivity contribution in [1.82, 2.24) is 4.90 Å². The summed E-state index contributed by atoms with van der Waals surface area (Å²) in [5.74, 6) is 0. The number of likely N-dealkylation sites (tertiary alicyclic amines) is 1. The summed E-state index contributed by atoms with van der Waals surface area (Å²) >= 11 is 1.41. The molecule has 0 aromatic carbocycles. The van der Waals surface area contributed by atoms with Gasteiger partial charge in [0.05, 0.1) is 12.5 Å². The fraction of sp³-hybridized carbons (Fsp3) is 0.778. The molecule has 0 radical (unpaired) electrons. The Bertz CT molecular complexity index is 236. The number of hydrogen-bond acceptors (Lipinski definition) is 4. The van der Waals surface area contributed by atoms with Gasteiger partial charge in [0.2, 0.25) is 0 Å². The fourth-order valence-electron chi connectivity index (χ4n) is 1.69. The van der Waals surface area contributed by atoms with Crippen molar-refractivity contribution in [3.8, 4) is 6.07 Å². The Balaban J connectivity index is 2.41. The third kappa shape index (κ3) is 3.02. The summed E-state index contributed by atoms with van der Waals surface area (Å²) in [5.41, 5.74) is 0. The van der Waals surface area contributed by atoms with Crippen LogP contribution in [0.5, 0.6) is 0 Å². The molecule has 1 aliphatic rings. The van der Waals surface area contributed by atoms with Crippen molar-refractivity contribution in [3.05, 3.63) is 0 Å². The molecular formula is C9H14N2OS. The van der Waals surface area contributed by atoms with Crippen LogP contribution < -0.4 is 0 Å². The summed E-state index contributed by atoms with van der Waals surface area (Å²) in [6.45, 7) is 2.53. The van der Waals surface area contributed by atoms with Crippen molar-refractivity contribution in [2.24, 2.45) is 0 Å². The van der Waals surface area contributed by atoms with Gasteiger partial charge in [-0.2, -0.15) is 5.26 Å². The summed E-state index contributed by atoms with van der Waals surface area (Å²) in [6.07, 6.45) is 1.54. The first-order valence-corrected chi connectivity index (χ1v) is 5.26. The van der Waals surface area contributed by atoms with Crippen LogP contribution in [0.2, 0.25) is 0 Å². The molecule has 0 aromatic heterocycles. The molecule has 0 aromatic rings. The van der Waals surface area contributed by atoms with Gasteiger partial charge in [-0.3, -0.25) is 4.79 Å². The van der Waals surface area contributed by atoms with Crippen LogP contribution in [0.15, 0.2) is 0 Å². The number of carbonyl (C=O) groups excluding carboxylic acids is 1. The van der Waals surface area contributed by atoms with Gasteiger partial charge in [-0.1, -0.05) is 11.8 Å². The Morgan fingerprint density at radius 3 is 3.00 bits per heavy atom. The molecule has 1 aliphatic heterocycles. The zero-order valence-electron chi connectivity index (χ0n) is 7.99. The molecule has 0 amide bonds. The molecule has 0 bridgehead atoms. The van der Waals surface area contributed by atoms with E-state index in [1.807, 2.05) is 7.05 Å². The summed E-state index contributed by atoms with van der Waals surface area (Å²) in [5, 5.41) is 9.13. The molecule has 0 aliphatic carbocycles. The van der Waals surface area contributed by atoms with Crippen molar-refractivity contribution in [1.29, 1.82) is 5.26 Å². The van der Waals surface area contributed by atoms with Gasteiger partial charge < -0.3 is 4.90 Å². The van der Waals surface area contributed by atoms with Crippen molar-refractivity contribution >= 4 is 16.9 Å². The molecule has 0 saturated carbocycles. The topological polar surface area (TPSA) is 44.1 Å². The number of nitrogens with zero attached hydrogens (tertiary/aromatic N) is 2. The van der Waals surface area contributed by atoms with Crippen molar-refractivity contribution < 1.29 is 4.79 Å². The maximum absolute atomic E-state index is 10.9. The van der Waals surface area contributed by atoms with E-state index in [4.69, 9.17) is 5.26 Å². The average molecular weight is 198 g/mol. The van der Waals surface area contributed by atoms with Crippen LogP contribution in [-0.2, 0) is 4.79 Å². The second kappa shape index (κ2) is 4.64. The SMILES string of the molecule is CC(=O)S[C@H]1C[C@@H](CC#N)N(C)C1. The molecule has 4 heteroatoms. The zero-order valence-corrected chi connectivity index (χ0v) is 8.80. The minimum atomic E-state index is 0.177. The molecule has 1 saturated heterocycles. The highest BCUT2D eigenvalue weighted by Gasteiger charge is 2.30. The number of carbonyl (C=O) groups is 1. The quantitative estimate of drug-likeness (QED) is 0.670. The second-order valence-electron chi connectivity index (χ2n) is 3.42.